The summed E-state index contributed by atoms with van der Waals surface area (Å²) >= 11 is 0. The lowest BCUT2D eigenvalue weighted by Crippen LogP contribution is -2.04. The monoisotopic (exact) mass is 688 g/mol. The van der Waals surface area contributed by atoms with Gasteiger partial charge in [0.05, 0.1) is 26.2 Å². The number of ether oxygens (including phenoxy) is 4. The first-order valence-electron chi connectivity index (χ1n) is 17.9. The van der Waals surface area contributed by atoms with Crippen molar-refractivity contribution < 1.29 is 28.5 Å². The van der Waals surface area contributed by atoms with Crippen LogP contribution in [0.5, 0.6) is 23.0 Å². The third-order valence-electron chi connectivity index (χ3n) is 8.75. The Bertz CT molecular complexity index is 1940. The smallest absolute Gasteiger partial charge is 0.235 e. The van der Waals surface area contributed by atoms with Crippen LogP contribution in [0.1, 0.15) is 80.9 Å². The molecule has 0 saturated heterocycles. The van der Waals surface area contributed by atoms with Crippen molar-refractivity contribution in [2.75, 3.05) is 20.8 Å². The molecule has 51 heavy (non-hydrogen) atoms. The fourth-order valence-corrected chi connectivity index (χ4v) is 5.92. The Labute approximate surface area is 301 Å². The van der Waals surface area contributed by atoms with Crippen LogP contribution in [0.4, 0.5) is 0 Å². The third-order valence-corrected chi connectivity index (χ3v) is 8.75. The van der Waals surface area contributed by atoms with Crippen LogP contribution >= 0.6 is 0 Å². The Hall–Kier alpha value is -5.19. The Morgan fingerprint density at radius 1 is 0.667 bits per heavy atom. The molecule has 1 heterocycles. The molecule has 1 aromatic heterocycles. The van der Waals surface area contributed by atoms with Gasteiger partial charge in [0.2, 0.25) is 11.2 Å². The predicted molar refractivity (Wildman–Crippen MR) is 203 cm³/mol. The topological polar surface area (TPSA) is 87.4 Å². The van der Waals surface area contributed by atoms with E-state index in [-0.39, 0.29) is 16.7 Å². The van der Waals surface area contributed by atoms with Crippen molar-refractivity contribution in [2.45, 2.75) is 77.4 Å². The molecule has 0 saturated carbocycles. The van der Waals surface area contributed by atoms with Gasteiger partial charge in [-0.05, 0) is 54.3 Å². The summed E-state index contributed by atoms with van der Waals surface area (Å²) in [6.45, 7) is 1.89. The summed E-state index contributed by atoms with van der Waals surface area (Å²) < 4.78 is 29.0. The molecule has 7 nitrogen and oxygen atoms in total. The van der Waals surface area contributed by atoms with E-state index in [4.69, 9.17) is 23.4 Å². The zero-order valence-electron chi connectivity index (χ0n) is 29.7. The van der Waals surface area contributed by atoms with Crippen LogP contribution < -0.4 is 19.6 Å². The van der Waals surface area contributed by atoms with Gasteiger partial charge in [-0.1, -0.05) is 117 Å². The Balaban J connectivity index is 1.08. The highest BCUT2D eigenvalue weighted by molar-refractivity contribution is 5.88. The average Bonchev–Trinajstić information content (AvgIpc) is 3.17. The van der Waals surface area contributed by atoms with Crippen molar-refractivity contribution in [2.24, 2.45) is 0 Å². The quantitative estimate of drug-likeness (QED) is 0.0682. The fraction of sp³-hybridized carbons (Fsp3) is 0.341. The minimum atomic E-state index is -0.562. The summed E-state index contributed by atoms with van der Waals surface area (Å²) in [5, 5.41) is 11.2. The van der Waals surface area contributed by atoms with Gasteiger partial charge in [-0.25, -0.2) is 0 Å². The molecule has 5 aromatic rings. The number of fused-ring (bicyclic) bond motifs is 1. The maximum Gasteiger partial charge on any atom is 0.235 e. The van der Waals surface area contributed by atoms with Crippen molar-refractivity contribution >= 4 is 11.0 Å². The van der Waals surface area contributed by atoms with Crippen molar-refractivity contribution in [1.82, 2.24) is 0 Å². The van der Waals surface area contributed by atoms with Crippen molar-refractivity contribution in [3.8, 4) is 46.2 Å². The second-order valence-corrected chi connectivity index (χ2v) is 12.6. The maximum absolute atomic E-state index is 13.4. The summed E-state index contributed by atoms with van der Waals surface area (Å²) in [4.78, 5) is 13.4. The van der Waals surface area contributed by atoms with Crippen LogP contribution in [-0.2, 0) is 18.0 Å². The molecule has 7 heteroatoms. The molecular weight excluding hydrogens is 640 g/mol. The first-order chi connectivity index (χ1) is 25.1. The predicted octanol–water partition coefficient (Wildman–Crippen LogP) is 10.2. The van der Waals surface area contributed by atoms with Crippen molar-refractivity contribution in [3.63, 3.8) is 0 Å². The average molecular weight is 689 g/mol. The minimum Gasteiger partial charge on any atom is -0.502 e. The summed E-state index contributed by atoms with van der Waals surface area (Å²) in [5.41, 5.74) is 3.01. The Morgan fingerprint density at radius 3 is 1.96 bits per heavy atom. The van der Waals surface area contributed by atoms with Gasteiger partial charge in [0.15, 0.2) is 28.6 Å². The van der Waals surface area contributed by atoms with E-state index >= 15 is 0 Å². The molecule has 0 aliphatic rings. The largest absolute Gasteiger partial charge is 0.502 e. The second kappa shape index (κ2) is 19.9. The van der Waals surface area contributed by atoms with Gasteiger partial charge in [-0.15, -0.1) is 0 Å². The Kier molecular flexibility index (Phi) is 14.4. The van der Waals surface area contributed by atoms with E-state index in [2.05, 4.69) is 24.0 Å². The van der Waals surface area contributed by atoms with Gasteiger partial charge in [0.1, 0.15) is 6.61 Å². The number of unbranched alkanes of at least 4 members (excludes halogenated alkanes) is 9. The van der Waals surface area contributed by atoms with Crippen LogP contribution in [0.3, 0.4) is 0 Å². The number of hydrogen-bond donors (Lipinski definition) is 1. The van der Waals surface area contributed by atoms with Gasteiger partial charge >= 0.3 is 0 Å². The van der Waals surface area contributed by atoms with Crippen LogP contribution in [0, 0.1) is 11.8 Å². The first kappa shape index (κ1) is 37.1. The highest BCUT2D eigenvalue weighted by Crippen LogP contribution is 2.38. The molecule has 0 atom stereocenters. The van der Waals surface area contributed by atoms with E-state index in [1.165, 1.54) is 58.3 Å². The molecule has 0 fully saturated rings. The van der Waals surface area contributed by atoms with E-state index < -0.39 is 11.2 Å². The van der Waals surface area contributed by atoms with Gasteiger partial charge in [0.25, 0.3) is 0 Å². The summed E-state index contributed by atoms with van der Waals surface area (Å²) in [5.74, 6) is 7.25. The van der Waals surface area contributed by atoms with E-state index in [9.17, 15) is 9.90 Å². The van der Waals surface area contributed by atoms with Crippen molar-refractivity contribution in [3.05, 3.63) is 118 Å². The molecule has 5 rings (SSSR count). The molecule has 0 aliphatic heterocycles. The highest BCUT2D eigenvalue weighted by atomic mass is 16.5. The van der Waals surface area contributed by atoms with Gasteiger partial charge in [-0.2, -0.15) is 0 Å². The zero-order chi connectivity index (χ0) is 35.7. The highest BCUT2D eigenvalue weighted by Gasteiger charge is 2.20. The van der Waals surface area contributed by atoms with E-state index in [1.807, 2.05) is 48.5 Å². The zero-order valence-corrected chi connectivity index (χ0v) is 29.7. The van der Waals surface area contributed by atoms with Crippen LogP contribution in [0.25, 0.3) is 22.3 Å². The second-order valence-electron chi connectivity index (χ2n) is 12.6. The standard InChI is InChI=1S/C44H48O7/c1-47-39-30-36(25-26-38(39)50-32-34-22-17-13-18-23-34)43-42(46)41(45)37-28-35(29-40(48-2)44(37)51-43)24-14-10-8-6-4-3-5-7-9-11-19-27-49-31-33-20-15-12-16-21-33/h12-13,15-18,20-23,25-26,28-30,46H,3-11,19,27,31-32H2,1-2H3. The van der Waals surface area contributed by atoms with Gasteiger partial charge in [-0.3, -0.25) is 4.79 Å². The molecule has 0 aliphatic carbocycles. The molecule has 266 valence electrons. The van der Waals surface area contributed by atoms with E-state index in [0.717, 1.165) is 37.9 Å². The summed E-state index contributed by atoms with van der Waals surface area (Å²) in [6.07, 6.45) is 11.6. The molecule has 4 aromatic carbocycles. The van der Waals surface area contributed by atoms with Crippen molar-refractivity contribution in [1.29, 1.82) is 0 Å². The number of methoxy groups -OCH3 is 2. The molecular formula is C44H48O7. The van der Waals surface area contributed by atoms with Gasteiger partial charge in [0, 0.05) is 24.2 Å². The number of hydrogen-bond acceptors (Lipinski definition) is 7. The van der Waals surface area contributed by atoms with E-state index in [1.54, 1.807) is 30.3 Å². The third kappa shape index (κ3) is 10.9. The lowest BCUT2D eigenvalue weighted by Gasteiger charge is -2.13. The van der Waals surface area contributed by atoms with Crippen LogP contribution in [-0.4, -0.2) is 25.9 Å². The van der Waals surface area contributed by atoms with E-state index in [0.29, 0.717) is 41.6 Å². The lowest BCUT2D eigenvalue weighted by atomic mass is 10.1. The SMILES string of the molecule is COc1cc(-c2oc3c(OC)cc(C#CCCCCCCCCCCCOCc4ccccc4)cc3c(=O)c2O)ccc1OCc1ccccc1. The molecule has 0 radical (unpaired) electrons. The molecule has 1 N–H and O–H groups in total. The van der Waals surface area contributed by atoms with Crippen LogP contribution in [0.15, 0.2) is 100 Å². The summed E-state index contributed by atoms with van der Waals surface area (Å²) in [7, 11) is 3.05. The summed E-state index contributed by atoms with van der Waals surface area (Å²) in [6, 6.07) is 28.6. The molecule has 0 bridgehead atoms. The fourth-order valence-electron chi connectivity index (χ4n) is 5.92. The molecule has 0 unspecified atom stereocenters. The normalized spacial score (nSPS) is 10.9. The number of rotatable bonds is 19. The number of benzene rings is 4. The maximum atomic E-state index is 13.4. The van der Waals surface area contributed by atoms with Gasteiger partial charge < -0.3 is 28.5 Å². The molecule has 0 spiro atoms. The first-order valence-corrected chi connectivity index (χ1v) is 17.9. The van der Waals surface area contributed by atoms with Crippen LogP contribution in [0.2, 0.25) is 0 Å². The molecule has 0 amide bonds. The lowest BCUT2D eigenvalue weighted by molar-refractivity contribution is 0.116. The number of aromatic hydroxyl groups is 1. The minimum absolute atomic E-state index is 0.0154. The Morgan fingerprint density at radius 2 is 1.29 bits per heavy atom.